The number of benzene rings is 1. The zero-order valence-corrected chi connectivity index (χ0v) is 25.3. The van der Waals surface area contributed by atoms with E-state index in [-0.39, 0.29) is 5.41 Å². The van der Waals surface area contributed by atoms with Crippen LogP contribution in [0, 0.1) is 13.8 Å². The minimum Gasteiger partial charge on any atom is -0.389 e. The van der Waals surface area contributed by atoms with Crippen LogP contribution in [0.2, 0.25) is 0 Å². The van der Waals surface area contributed by atoms with E-state index in [1.54, 1.807) is 0 Å². The Morgan fingerprint density at radius 1 is 0.722 bits per heavy atom. The summed E-state index contributed by atoms with van der Waals surface area (Å²) in [5, 5.41) is 3.64. The molecule has 0 saturated carbocycles. The van der Waals surface area contributed by atoms with Gasteiger partial charge in [0.25, 0.3) is 0 Å². The first kappa shape index (κ1) is 32.8. The molecule has 1 aromatic rings. The maximum Gasteiger partial charge on any atom is 0.0152 e. The minimum absolute atomic E-state index is 0.233. The summed E-state index contributed by atoms with van der Waals surface area (Å²) in [5.41, 5.74) is 5.77. The number of nitrogens with one attached hydrogen (secondary N) is 1. The summed E-state index contributed by atoms with van der Waals surface area (Å²) in [6.45, 7) is 16.8. The number of unbranched alkanes of at least 4 members (excludes halogenated alkanes) is 16. The van der Waals surface area contributed by atoms with E-state index in [1.165, 1.54) is 138 Å². The molecule has 0 saturated heterocycles. The van der Waals surface area contributed by atoms with Crippen LogP contribution >= 0.6 is 0 Å². The normalized spacial score (nSPS) is 13.0. The summed E-state index contributed by atoms with van der Waals surface area (Å²) in [4.78, 5) is 0. The second kappa shape index (κ2) is 20.8. The van der Waals surface area contributed by atoms with Crippen molar-refractivity contribution in [3.63, 3.8) is 0 Å². The van der Waals surface area contributed by atoms with Gasteiger partial charge in [-0.25, -0.2) is 0 Å². The lowest BCUT2D eigenvalue weighted by atomic mass is 9.75. The first-order valence-electron chi connectivity index (χ1n) is 15.9. The van der Waals surface area contributed by atoms with E-state index in [4.69, 9.17) is 0 Å². The molecular formula is C35H63N. The van der Waals surface area contributed by atoms with E-state index < -0.39 is 0 Å². The standard InChI is InChI=1S/C35H63N/c1-7-9-10-11-12-13-14-15-16-17-18-19-20-21-22-23-24-25-33(5)36-29-28-35(6,8-2)34-30-31(3)26-27-32(34)4/h26-27,30,36H,5,7-25,28-29H2,1-4,6H3. The molecule has 1 atom stereocenters. The largest absolute Gasteiger partial charge is 0.389 e. The van der Waals surface area contributed by atoms with E-state index in [0.29, 0.717) is 0 Å². The molecular weight excluding hydrogens is 434 g/mol. The first-order chi connectivity index (χ1) is 17.4. The molecule has 36 heavy (non-hydrogen) atoms. The highest BCUT2D eigenvalue weighted by Crippen LogP contribution is 2.33. The van der Waals surface area contributed by atoms with Crippen LogP contribution in [-0.4, -0.2) is 6.54 Å². The van der Waals surface area contributed by atoms with Crippen molar-refractivity contribution in [2.75, 3.05) is 6.54 Å². The Labute approximate surface area is 227 Å². The van der Waals surface area contributed by atoms with Crippen LogP contribution in [0.25, 0.3) is 0 Å². The van der Waals surface area contributed by atoms with Gasteiger partial charge in [-0.2, -0.15) is 0 Å². The lowest BCUT2D eigenvalue weighted by molar-refractivity contribution is 0.409. The molecule has 208 valence electrons. The summed E-state index contributed by atoms with van der Waals surface area (Å²) in [6, 6.07) is 6.90. The fourth-order valence-corrected chi connectivity index (χ4v) is 5.55. The SMILES string of the molecule is C=C(CCCCCCCCCCCCCCCCCCC)NCCC(C)(CC)c1cc(C)ccc1C. The summed E-state index contributed by atoms with van der Waals surface area (Å²) < 4.78 is 0. The van der Waals surface area contributed by atoms with Crippen molar-refractivity contribution in [2.45, 2.75) is 168 Å². The molecule has 0 amide bonds. The summed E-state index contributed by atoms with van der Waals surface area (Å²) in [6.07, 6.45) is 27.8. The zero-order valence-electron chi connectivity index (χ0n) is 25.3. The maximum atomic E-state index is 4.30. The topological polar surface area (TPSA) is 12.0 Å². The molecule has 1 rings (SSSR count). The highest BCUT2D eigenvalue weighted by Gasteiger charge is 2.25. The Morgan fingerprint density at radius 2 is 1.19 bits per heavy atom. The average Bonchev–Trinajstić information content (AvgIpc) is 2.87. The molecule has 1 aromatic carbocycles. The molecule has 0 aliphatic heterocycles. The number of aryl methyl sites for hydroxylation is 2. The fourth-order valence-electron chi connectivity index (χ4n) is 5.55. The van der Waals surface area contributed by atoms with Crippen LogP contribution in [0.3, 0.4) is 0 Å². The van der Waals surface area contributed by atoms with E-state index >= 15 is 0 Å². The Hall–Kier alpha value is -1.24. The predicted molar refractivity (Wildman–Crippen MR) is 164 cm³/mol. The Bertz CT molecular complexity index is 675. The third kappa shape index (κ3) is 15.1. The van der Waals surface area contributed by atoms with Crippen LogP contribution < -0.4 is 5.32 Å². The van der Waals surface area contributed by atoms with E-state index in [0.717, 1.165) is 19.4 Å². The molecule has 1 unspecified atom stereocenters. The van der Waals surface area contributed by atoms with Crippen molar-refractivity contribution in [1.82, 2.24) is 5.32 Å². The second-order valence-corrected chi connectivity index (χ2v) is 11.9. The highest BCUT2D eigenvalue weighted by atomic mass is 14.9. The molecule has 1 nitrogen and oxygen atoms in total. The molecule has 0 aromatic heterocycles. The summed E-state index contributed by atoms with van der Waals surface area (Å²) >= 11 is 0. The van der Waals surface area contributed by atoms with Crippen LogP contribution in [-0.2, 0) is 5.41 Å². The molecule has 0 spiro atoms. The predicted octanol–water partition coefficient (Wildman–Crippen LogP) is 11.5. The number of allylic oxidation sites excluding steroid dienone is 1. The fraction of sp³-hybridized carbons (Fsp3) is 0.771. The molecule has 0 radical (unpaired) electrons. The smallest absolute Gasteiger partial charge is 0.0152 e. The van der Waals surface area contributed by atoms with E-state index in [2.05, 4.69) is 64.7 Å². The summed E-state index contributed by atoms with van der Waals surface area (Å²) in [5.74, 6) is 0. The van der Waals surface area contributed by atoms with E-state index in [1.807, 2.05) is 0 Å². The third-order valence-corrected chi connectivity index (χ3v) is 8.46. The van der Waals surface area contributed by atoms with Gasteiger partial charge in [0, 0.05) is 12.2 Å². The molecule has 0 aliphatic carbocycles. The van der Waals surface area contributed by atoms with Crippen LogP contribution in [0.1, 0.15) is 166 Å². The van der Waals surface area contributed by atoms with Gasteiger partial charge < -0.3 is 5.32 Å². The Morgan fingerprint density at radius 3 is 1.67 bits per heavy atom. The van der Waals surface area contributed by atoms with Gasteiger partial charge in [-0.15, -0.1) is 0 Å². The van der Waals surface area contributed by atoms with Crippen molar-refractivity contribution in [3.05, 3.63) is 47.2 Å². The molecule has 0 aliphatic rings. The Balaban J connectivity index is 1.96. The van der Waals surface area contributed by atoms with Crippen molar-refractivity contribution < 1.29 is 0 Å². The van der Waals surface area contributed by atoms with Gasteiger partial charge in [0.15, 0.2) is 0 Å². The number of hydrogen-bond donors (Lipinski definition) is 1. The molecule has 1 N–H and O–H groups in total. The third-order valence-electron chi connectivity index (χ3n) is 8.46. The van der Waals surface area contributed by atoms with Crippen molar-refractivity contribution in [2.24, 2.45) is 0 Å². The quantitative estimate of drug-likeness (QED) is 0.140. The summed E-state index contributed by atoms with van der Waals surface area (Å²) in [7, 11) is 0. The van der Waals surface area contributed by atoms with Gasteiger partial charge >= 0.3 is 0 Å². The van der Waals surface area contributed by atoms with Crippen LogP contribution in [0.15, 0.2) is 30.5 Å². The zero-order chi connectivity index (χ0) is 26.5. The van der Waals surface area contributed by atoms with Gasteiger partial charge in [-0.3, -0.25) is 0 Å². The lowest BCUT2D eigenvalue weighted by Crippen LogP contribution is -2.28. The lowest BCUT2D eigenvalue weighted by Gasteiger charge is -2.31. The average molecular weight is 498 g/mol. The molecule has 1 heteroatoms. The van der Waals surface area contributed by atoms with Gasteiger partial charge in [0.1, 0.15) is 0 Å². The maximum absolute atomic E-state index is 4.30. The monoisotopic (exact) mass is 497 g/mol. The minimum atomic E-state index is 0.233. The Kier molecular flexibility index (Phi) is 18.9. The molecule has 0 heterocycles. The molecule has 0 fully saturated rings. The number of hydrogen-bond acceptors (Lipinski definition) is 1. The second-order valence-electron chi connectivity index (χ2n) is 11.9. The van der Waals surface area contributed by atoms with E-state index in [9.17, 15) is 0 Å². The van der Waals surface area contributed by atoms with Crippen molar-refractivity contribution >= 4 is 0 Å². The van der Waals surface area contributed by atoms with Crippen LogP contribution in [0.5, 0.6) is 0 Å². The van der Waals surface area contributed by atoms with Crippen LogP contribution in [0.4, 0.5) is 0 Å². The van der Waals surface area contributed by atoms with Crippen molar-refractivity contribution in [3.8, 4) is 0 Å². The van der Waals surface area contributed by atoms with Gasteiger partial charge in [-0.1, -0.05) is 154 Å². The van der Waals surface area contributed by atoms with Gasteiger partial charge in [-0.05, 0) is 56.1 Å². The molecule has 0 bridgehead atoms. The first-order valence-corrected chi connectivity index (χ1v) is 15.9. The van der Waals surface area contributed by atoms with Gasteiger partial charge in [0.2, 0.25) is 0 Å². The highest BCUT2D eigenvalue weighted by molar-refractivity contribution is 5.36. The van der Waals surface area contributed by atoms with Gasteiger partial charge in [0.05, 0.1) is 0 Å². The van der Waals surface area contributed by atoms with Crippen molar-refractivity contribution in [1.29, 1.82) is 0 Å². The number of rotatable bonds is 24.